The van der Waals surface area contributed by atoms with Crippen LogP contribution >= 0.6 is 39.0 Å². The third-order valence-corrected chi connectivity index (χ3v) is 6.46. The van der Waals surface area contributed by atoms with Crippen molar-refractivity contribution < 1.29 is 4.79 Å². The largest absolute Gasteiger partial charge is 0.321 e. The number of rotatable bonds is 5. The van der Waals surface area contributed by atoms with E-state index in [0.717, 1.165) is 31.2 Å². The number of aromatic nitrogens is 1. The molecule has 1 aromatic carbocycles. The van der Waals surface area contributed by atoms with Crippen molar-refractivity contribution in [2.75, 3.05) is 5.32 Å². The van der Waals surface area contributed by atoms with Gasteiger partial charge in [0.15, 0.2) is 0 Å². The van der Waals surface area contributed by atoms with Gasteiger partial charge in [0, 0.05) is 33.2 Å². The molecule has 2 aromatic heterocycles. The van der Waals surface area contributed by atoms with Crippen LogP contribution in [0.2, 0.25) is 0 Å². The van der Waals surface area contributed by atoms with Crippen LogP contribution in [0.3, 0.4) is 0 Å². The summed E-state index contributed by atoms with van der Waals surface area (Å²) in [6.07, 6.45) is 3.57. The van der Waals surface area contributed by atoms with E-state index in [-0.39, 0.29) is 5.91 Å². The van der Waals surface area contributed by atoms with Crippen LogP contribution in [-0.2, 0) is 5.75 Å². The Morgan fingerprint density at radius 3 is 2.79 bits per heavy atom. The molecule has 0 aliphatic carbocycles. The monoisotopic (exact) mass is 418 g/mol. The number of halogens is 1. The predicted octanol–water partition coefficient (Wildman–Crippen LogP) is 5.76. The fraction of sp³-hybridized carbons (Fsp3) is 0.111. The average molecular weight is 419 g/mol. The minimum absolute atomic E-state index is 0.0658. The summed E-state index contributed by atoms with van der Waals surface area (Å²) in [5.41, 5.74) is 3.08. The lowest BCUT2D eigenvalue weighted by atomic mass is 10.2. The van der Waals surface area contributed by atoms with Gasteiger partial charge in [-0.3, -0.25) is 9.78 Å². The normalized spacial score (nSPS) is 10.6. The molecule has 0 saturated heterocycles. The zero-order chi connectivity index (χ0) is 16.9. The fourth-order valence-corrected chi connectivity index (χ4v) is 4.37. The molecule has 0 atom stereocenters. The first-order valence-corrected chi connectivity index (χ1v) is 9.96. The number of anilines is 1. The SMILES string of the molecule is Cc1cc(NC(=O)c2sccc2SCc2ccncc2)ccc1Br. The van der Waals surface area contributed by atoms with Crippen molar-refractivity contribution in [2.45, 2.75) is 17.6 Å². The Bertz CT molecular complexity index is 849. The van der Waals surface area contributed by atoms with Crippen molar-refractivity contribution >= 4 is 50.6 Å². The second-order valence-corrected chi connectivity index (χ2v) is 7.96. The van der Waals surface area contributed by atoms with Gasteiger partial charge in [-0.1, -0.05) is 15.9 Å². The van der Waals surface area contributed by atoms with Crippen LogP contribution in [-0.4, -0.2) is 10.9 Å². The molecule has 0 spiro atoms. The highest BCUT2D eigenvalue weighted by Crippen LogP contribution is 2.31. The van der Waals surface area contributed by atoms with Gasteiger partial charge in [0.2, 0.25) is 0 Å². The number of benzene rings is 1. The van der Waals surface area contributed by atoms with Gasteiger partial charge in [-0.05, 0) is 59.8 Å². The van der Waals surface area contributed by atoms with Gasteiger partial charge in [0.1, 0.15) is 4.88 Å². The van der Waals surface area contributed by atoms with E-state index in [9.17, 15) is 4.79 Å². The molecule has 3 aromatic rings. The van der Waals surface area contributed by atoms with Gasteiger partial charge in [-0.25, -0.2) is 0 Å². The van der Waals surface area contributed by atoms with Crippen molar-refractivity contribution in [2.24, 2.45) is 0 Å². The van der Waals surface area contributed by atoms with Crippen molar-refractivity contribution in [3.05, 3.63) is 74.6 Å². The van der Waals surface area contributed by atoms with E-state index >= 15 is 0 Å². The third kappa shape index (κ3) is 4.26. The number of thioether (sulfide) groups is 1. The fourth-order valence-electron chi connectivity index (χ4n) is 2.13. The maximum absolute atomic E-state index is 12.6. The lowest BCUT2D eigenvalue weighted by molar-refractivity contribution is 0.102. The van der Waals surface area contributed by atoms with Crippen LogP contribution in [0.25, 0.3) is 0 Å². The molecule has 0 aliphatic heterocycles. The molecule has 0 unspecified atom stereocenters. The molecule has 24 heavy (non-hydrogen) atoms. The summed E-state index contributed by atoms with van der Waals surface area (Å²) < 4.78 is 1.03. The highest BCUT2D eigenvalue weighted by Gasteiger charge is 2.14. The van der Waals surface area contributed by atoms with Crippen molar-refractivity contribution in [3.8, 4) is 0 Å². The molecule has 1 amide bonds. The van der Waals surface area contributed by atoms with Crippen LogP contribution < -0.4 is 5.32 Å². The highest BCUT2D eigenvalue weighted by atomic mass is 79.9. The molecule has 0 saturated carbocycles. The smallest absolute Gasteiger partial charge is 0.266 e. The first-order valence-electron chi connectivity index (χ1n) is 7.30. The van der Waals surface area contributed by atoms with Crippen LogP contribution in [0.4, 0.5) is 5.69 Å². The average Bonchev–Trinajstić information content (AvgIpc) is 3.06. The molecule has 2 heterocycles. The molecule has 3 nitrogen and oxygen atoms in total. The van der Waals surface area contributed by atoms with E-state index in [0.29, 0.717) is 0 Å². The molecule has 122 valence electrons. The number of hydrogen-bond donors (Lipinski definition) is 1. The first-order chi connectivity index (χ1) is 11.6. The van der Waals surface area contributed by atoms with E-state index in [2.05, 4.69) is 26.2 Å². The Hall–Kier alpha value is -1.63. The third-order valence-electron chi connectivity index (χ3n) is 3.39. The number of aryl methyl sites for hydroxylation is 1. The van der Waals surface area contributed by atoms with E-state index in [1.165, 1.54) is 16.9 Å². The summed E-state index contributed by atoms with van der Waals surface area (Å²) in [7, 11) is 0. The minimum Gasteiger partial charge on any atom is -0.321 e. The predicted molar refractivity (Wildman–Crippen MR) is 105 cm³/mol. The summed E-state index contributed by atoms with van der Waals surface area (Å²) >= 11 is 6.60. The topological polar surface area (TPSA) is 42.0 Å². The quantitative estimate of drug-likeness (QED) is 0.535. The summed E-state index contributed by atoms with van der Waals surface area (Å²) in [6.45, 7) is 2.00. The van der Waals surface area contributed by atoms with Crippen LogP contribution in [0.1, 0.15) is 20.8 Å². The Morgan fingerprint density at radius 1 is 1.25 bits per heavy atom. The van der Waals surface area contributed by atoms with Gasteiger partial charge >= 0.3 is 0 Å². The van der Waals surface area contributed by atoms with E-state index in [4.69, 9.17) is 0 Å². The lowest BCUT2D eigenvalue weighted by Crippen LogP contribution is -2.11. The molecule has 0 bridgehead atoms. The molecule has 1 N–H and O–H groups in total. The second kappa shape index (κ2) is 7.96. The number of hydrogen-bond acceptors (Lipinski definition) is 4. The number of amides is 1. The van der Waals surface area contributed by atoms with Crippen molar-refractivity contribution in [3.63, 3.8) is 0 Å². The Labute approximate surface area is 157 Å². The standard InChI is InChI=1S/C18H15BrN2OS2/c1-12-10-14(2-3-15(12)19)21-18(22)17-16(6-9-23-17)24-11-13-4-7-20-8-5-13/h2-10H,11H2,1H3,(H,21,22). The van der Waals surface area contributed by atoms with E-state index < -0.39 is 0 Å². The number of nitrogens with zero attached hydrogens (tertiary/aromatic N) is 1. The first kappa shape index (κ1) is 17.2. The highest BCUT2D eigenvalue weighted by molar-refractivity contribution is 9.10. The van der Waals surface area contributed by atoms with Crippen LogP contribution in [0.5, 0.6) is 0 Å². The van der Waals surface area contributed by atoms with E-state index in [1.807, 2.05) is 48.7 Å². The zero-order valence-electron chi connectivity index (χ0n) is 13.0. The Morgan fingerprint density at radius 2 is 2.04 bits per heavy atom. The maximum atomic E-state index is 12.6. The molecule has 0 fully saturated rings. The summed E-state index contributed by atoms with van der Waals surface area (Å²) in [5, 5.41) is 4.93. The number of carbonyl (C=O) groups is 1. The minimum atomic E-state index is -0.0658. The van der Waals surface area contributed by atoms with Crippen molar-refractivity contribution in [1.29, 1.82) is 0 Å². The Balaban J connectivity index is 1.69. The summed E-state index contributed by atoms with van der Waals surface area (Å²) in [4.78, 5) is 18.3. The number of pyridine rings is 1. The van der Waals surface area contributed by atoms with Crippen LogP contribution in [0, 0.1) is 6.92 Å². The molecule has 0 radical (unpaired) electrons. The molecule has 6 heteroatoms. The molecule has 0 aliphatic rings. The van der Waals surface area contributed by atoms with Gasteiger partial charge in [0.25, 0.3) is 5.91 Å². The summed E-state index contributed by atoms with van der Waals surface area (Å²) in [5.74, 6) is 0.751. The second-order valence-electron chi connectivity index (χ2n) is 5.18. The zero-order valence-corrected chi connectivity index (χ0v) is 16.2. The van der Waals surface area contributed by atoms with Crippen LogP contribution in [0.15, 0.2) is 63.5 Å². The van der Waals surface area contributed by atoms with Gasteiger partial charge in [-0.15, -0.1) is 23.1 Å². The van der Waals surface area contributed by atoms with E-state index in [1.54, 1.807) is 24.2 Å². The molecular weight excluding hydrogens is 404 g/mol. The lowest BCUT2D eigenvalue weighted by Gasteiger charge is -2.08. The Kier molecular flexibility index (Phi) is 5.71. The van der Waals surface area contributed by atoms with Crippen molar-refractivity contribution in [1.82, 2.24) is 4.98 Å². The molecule has 3 rings (SSSR count). The van der Waals surface area contributed by atoms with Gasteiger partial charge in [-0.2, -0.15) is 0 Å². The number of carbonyl (C=O) groups excluding carboxylic acids is 1. The van der Waals surface area contributed by atoms with Gasteiger partial charge < -0.3 is 5.32 Å². The van der Waals surface area contributed by atoms with Gasteiger partial charge in [0.05, 0.1) is 0 Å². The molecular formula is C18H15BrN2OS2. The number of nitrogens with one attached hydrogen (secondary N) is 1. The summed E-state index contributed by atoms with van der Waals surface area (Å²) in [6, 6.07) is 11.8. The maximum Gasteiger partial charge on any atom is 0.266 e. The number of thiophene rings is 1.